The first-order valence-electron chi connectivity index (χ1n) is 15.4. The molecule has 6 nitrogen and oxygen atoms in total. The number of aryl methyl sites for hydroxylation is 1. The maximum absolute atomic E-state index is 11.9. The van der Waals surface area contributed by atoms with Gasteiger partial charge in [0.15, 0.2) is 0 Å². The lowest BCUT2D eigenvalue weighted by atomic mass is 9.88. The average Bonchev–Trinajstić information content (AvgIpc) is 2.92. The molecule has 0 aromatic heterocycles. The average molecular weight is 619 g/mol. The van der Waals surface area contributed by atoms with Crippen molar-refractivity contribution < 1.29 is 25.9 Å². The molecule has 0 aliphatic heterocycles. The third kappa shape index (κ3) is 11.1. The summed E-state index contributed by atoms with van der Waals surface area (Å²) in [4.78, 5) is 0.125. The van der Waals surface area contributed by atoms with Crippen molar-refractivity contribution in [2.75, 3.05) is 0 Å². The SMILES string of the molecule is CC(C)c1cc2ccccc2c(S(=O)(=O)O)c1C(C)C.CCCCCCCCCCCCc1ccccc1S(=O)(=O)O. The lowest BCUT2D eigenvalue weighted by molar-refractivity contribution is 0.479. The predicted octanol–water partition coefficient (Wildman–Crippen LogP) is 9.73. The van der Waals surface area contributed by atoms with Crippen molar-refractivity contribution in [2.24, 2.45) is 0 Å². The van der Waals surface area contributed by atoms with Crippen molar-refractivity contribution in [3.05, 3.63) is 71.3 Å². The number of unbranched alkanes of at least 4 members (excludes halogenated alkanes) is 9. The second kappa shape index (κ2) is 17.1. The van der Waals surface area contributed by atoms with Crippen LogP contribution in [0.25, 0.3) is 10.8 Å². The number of hydrogen-bond acceptors (Lipinski definition) is 4. The van der Waals surface area contributed by atoms with Crippen LogP contribution in [0.5, 0.6) is 0 Å². The molecule has 0 amide bonds. The van der Waals surface area contributed by atoms with E-state index in [1.165, 1.54) is 57.4 Å². The van der Waals surface area contributed by atoms with E-state index in [1.807, 2.05) is 52.0 Å². The molecule has 0 radical (unpaired) electrons. The molecule has 3 aromatic carbocycles. The van der Waals surface area contributed by atoms with E-state index < -0.39 is 20.2 Å². The number of benzene rings is 3. The molecular weight excluding hydrogens is 569 g/mol. The highest BCUT2D eigenvalue weighted by molar-refractivity contribution is 7.86. The highest BCUT2D eigenvalue weighted by atomic mass is 32.2. The Morgan fingerprint density at radius 3 is 1.69 bits per heavy atom. The van der Waals surface area contributed by atoms with Gasteiger partial charge in [-0.25, -0.2) is 0 Å². The topological polar surface area (TPSA) is 109 Å². The van der Waals surface area contributed by atoms with Crippen molar-refractivity contribution >= 4 is 31.0 Å². The molecule has 8 heteroatoms. The Kier molecular flexibility index (Phi) is 14.7. The fourth-order valence-corrected chi connectivity index (χ4v) is 7.31. The Balaban J connectivity index is 0.000000294. The van der Waals surface area contributed by atoms with Gasteiger partial charge >= 0.3 is 0 Å². The van der Waals surface area contributed by atoms with Crippen LogP contribution in [-0.2, 0) is 26.7 Å². The summed E-state index contributed by atoms with van der Waals surface area (Å²) < 4.78 is 65.3. The summed E-state index contributed by atoms with van der Waals surface area (Å²) in [5.74, 6) is 0.214. The third-order valence-corrected chi connectivity index (χ3v) is 9.49. The van der Waals surface area contributed by atoms with Crippen LogP contribution in [0, 0.1) is 0 Å². The first-order valence-corrected chi connectivity index (χ1v) is 18.2. The Labute approximate surface area is 254 Å². The first-order chi connectivity index (χ1) is 19.8. The summed E-state index contributed by atoms with van der Waals surface area (Å²) in [5.41, 5.74) is 2.43. The van der Waals surface area contributed by atoms with Crippen LogP contribution in [0.2, 0.25) is 0 Å². The summed E-state index contributed by atoms with van der Waals surface area (Å²) >= 11 is 0. The predicted molar refractivity (Wildman–Crippen MR) is 174 cm³/mol. The smallest absolute Gasteiger partial charge is 0.282 e. The molecule has 0 spiro atoms. The van der Waals surface area contributed by atoms with E-state index in [0.29, 0.717) is 11.8 Å². The van der Waals surface area contributed by atoms with Gasteiger partial charge in [0, 0.05) is 5.39 Å². The first kappa shape index (κ1) is 35.9. The third-order valence-electron chi connectivity index (χ3n) is 7.58. The molecule has 0 saturated carbocycles. The second-order valence-electron chi connectivity index (χ2n) is 11.7. The molecular formula is C34H50O6S2. The Morgan fingerprint density at radius 1 is 0.643 bits per heavy atom. The van der Waals surface area contributed by atoms with E-state index in [4.69, 9.17) is 0 Å². The molecule has 0 atom stereocenters. The van der Waals surface area contributed by atoms with Crippen LogP contribution in [0.15, 0.2) is 64.4 Å². The van der Waals surface area contributed by atoms with Crippen LogP contribution >= 0.6 is 0 Å². The summed E-state index contributed by atoms with van der Waals surface area (Å²) in [6.07, 6.45) is 13.3. The zero-order valence-electron chi connectivity index (χ0n) is 26.0. The highest BCUT2D eigenvalue weighted by Gasteiger charge is 2.25. The molecule has 0 unspecified atom stereocenters. The van der Waals surface area contributed by atoms with Crippen molar-refractivity contribution in [3.63, 3.8) is 0 Å². The molecule has 3 rings (SSSR count). The van der Waals surface area contributed by atoms with Gasteiger partial charge in [0.1, 0.15) is 4.90 Å². The van der Waals surface area contributed by atoms with E-state index in [-0.39, 0.29) is 21.6 Å². The Morgan fingerprint density at radius 2 is 1.17 bits per heavy atom. The minimum absolute atomic E-state index is 0.0222. The van der Waals surface area contributed by atoms with E-state index in [1.54, 1.807) is 24.3 Å². The van der Waals surface area contributed by atoms with Crippen molar-refractivity contribution in [2.45, 2.75) is 127 Å². The summed E-state index contributed by atoms with van der Waals surface area (Å²) in [6, 6.07) is 16.0. The molecule has 0 aliphatic rings. The fourth-order valence-electron chi connectivity index (χ4n) is 5.47. The Bertz CT molecular complexity index is 1480. The van der Waals surface area contributed by atoms with Gasteiger partial charge in [0.25, 0.3) is 20.2 Å². The molecule has 0 saturated heterocycles. The minimum Gasteiger partial charge on any atom is -0.282 e. The lowest BCUT2D eigenvalue weighted by Gasteiger charge is -2.21. The maximum Gasteiger partial charge on any atom is 0.295 e. The van der Waals surface area contributed by atoms with E-state index in [9.17, 15) is 25.9 Å². The fraction of sp³-hybridized carbons (Fsp3) is 0.529. The molecule has 2 N–H and O–H groups in total. The van der Waals surface area contributed by atoms with E-state index in [2.05, 4.69) is 6.92 Å². The normalized spacial score (nSPS) is 12.1. The Hall–Kier alpha value is -2.26. The molecule has 234 valence electrons. The van der Waals surface area contributed by atoms with Crippen LogP contribution < -0.4 is 0 Å². The zero-order valence-corrected chi connectivity index (χ0v) is 27.6. The summed E-state index contributed by atoms with van der Waals surface area (Å²) in [7, 11) is -8.36. The number of hydrogen-bond donors (Lipinski definition) is 2. The zero-order chi connectivity index (χ0) is 31.3. The monoisotopic (exact) mass is 618 g/mol. The van der Waals surface area contributed by atoms with Gasteiger partial charge in [-0.2, -0.15) is 16.8 Å². The molecule has 0 fully saturated rings. The van der Waals surface area contributed by atoms with Crippen molar-refractivity contribution in [1.29, 1.82) is 0 Å². The van der Waals surface area contributed by atoms with Crippen LogP contribution in [0.3, 0.4) is 0 Å². The highest BCUT2D eigenvalue weighted by Crippen LogP contribution is 2.37. The van der Waals surface area contributed by atoms with Gasteiger partial charge in [0.2, 0.25) is 0 Å². The van der Waals surface area contributed by atoms with Gasteiger partial charge in [0.05, 0.1) is 4.90 Å². The van der Waals surface area contributed by atoms with Gasteiger partial charge in [-0.3, -0.25) is 9.11 Å². The largest absolute Gasteiger partial charge is 0.295 e. The van der Waals surface area contributed by atoms with E-state index in [0.717, 1.165) is 34.9 Å². The number of fused-ring (bicyclic) bond motifs is 1. The molecule has 0 bridgehead atoms. The lowest BCUT2D eigenvalue weighted by Crippen LogP contribution is -2.10. The summed E-state index contributed by atoms with van der Waals surface area (Å²) in [5, 5.41) is 1.43. The van der Waals surface area contributed by atoms with Gasteiger partial charge in [-0.05, 0) is 52.8 Å². The van der Waals surface area contributed by atoms with Gasteiger partial charge in [-0.15, -0.1) is 0 Å². The minimum atomic E-state index is -4.26. The quantitative estimate of drug-likeness (QED) is 0.130. The van der Waals surface area contributed by atoms with Gasteiger partial charge in [-0.1, -0.05) is 141 Å². The van der Waals surface area contributed by atoms with Crippen LogP contribution in [0.4, 0.5) is 0 Å². The van der Waals surface area contributed by atoms with Gasteiger partial charge < -0.3 is 0 Å². The van der Waals surface area contributed by atoms with Crippen LogP contribution in [-0.4, -0.2) is 25.9 Å². The molecule has 42 heavy (non-hydrogen) atoms. The number of rotatable bonds is 15. The van der Waals surface area contributed by atoms with E-state index >= 15 is 0 Å². The molecule has 0 aliphatic carbocycles. The van der Waals surface area contributed by atoms with Crippen molar-refractivity contribution in [3.8, 4) is 0 Å². The van der Waals surface area contributed by atoms with Crippen molar-refractivity contribution in [1.82, 2.24) is 0 Å². The standard InChI is InChI=1S/C18H30O3S.C16H20O3S/c1-2-3-4-5-6-7-8-9-10-11-14-17-15-12-13-16-18(17)22(19,20)21;1-10(2)14-9-12-7-5-6-8-13(12)16(20(17,18)19)15(14)11(3)4/h12-13,15-16H,2-11,14H2,1H3,(H,19,20,21);5-11H,1-4H3,(H,17,18,19). The summed E-state index contributed by atoms with van der Waals surface area (Å²) in [6.45, 7) is 10.2. The van der Waals surface area contributed by atoms with Crippen LogP contribution in [0.1, 0.15) is 127 Å². The molecule has 3 aromatic rings. The molecule has 0 heterocycles. The second-order valence-corrected chi connectivity index (χ2v) is 14.5. The maximum atomic E-state index is 11.9.